The van der Waals surface area contributed by atoms with E-state index in [1.54, 1.807) is 34.9 Å². The fourth-order valence-corrected chi connectivity index (χ4v) is 4.17. The molecular formula is C13H17N5S3. The number of anilines is 1. The molecular weight excluding hydrogens is 322 g/mol. The van der Waals surface area contributed by atoms with Crippen LogP contribution in [0.5, 0.6) is 0 Å². The molecule has 3 rings (SSSR count). The fraction of sp³-hybridized carbons (Fsp3) is 0.538. The van der Waals surface area contributed by atoms with Crippen LogP contribution < -0.4 is 5.32 Å². The van der Waals surface area contributed by atoms with E-state index in [0.29, 0.717) is 5.92 Å². The molecule has 0 atom stereocenters. The molecule has 0 aromatic carbocycles. The van der Waals surface area contributed by atoms with Gasteiger partial charge in [-0.3, -0.25) is 0 Å². The summed E-state index contributed by atoms with van der Waals surface area (Å²) in [4.78, 5) is 9.30. The van der Waals surface area contributed by atoms with E-state index < -0.39 is 0 Å². The van der Waals surface area contributed by atoms with Gasteiger partial charge in [0.25, 0.3) is 0 Å². The van der Waals surface area contributed by atoms with Gasteiger partial charge in [-0.1, -0.05) is 30.0 Å². The third kappa shape index (κ3) is 4.08. The van der Waals surface area contributed by atoms with Crippen LogP contribution in [0.15, 0.2) is 19.8 Å². The highest BCUT2D eigenvalue weighted by atomic mass is 32.2. The molecule has 112 valence electrons. The quantitative estimate of drug-likeness (QED) is 0.606. The zero-order valence-corrected chi connectivity index (χ0v) is 14.4. The lowest BCUT2D eigenvalue weighted by Crippen LogP contribution is -2.05. The van der Waals surface area contributed by atoms with Gasteiger partial charge in [-0.05, 0) is 37.3 Å². The van der Waals surface area contributed by atoms with Crippen LogP contribution in [-0.4, -0.2) is 33.0 Å². The van der Waals surface area contributed by atoms with Gasteiger partial charge in [0.15, 0.2) is 8.68 Å². The van der Waals surface area contributed by atoms with E-state index >= 15 is 0 Å². The zero-order chi connectivity index (χ0) is 14.7. The van der Waals surface area contributed by atoms with Crippen LogP contribution in [0.3, 0.4) is 0 Å². The molecule has 1 aliphatic carbocycles. The van der Waals surface area contributed by atoms with Crippen LogP contribution in [0.4, 0.5) is 5.82 Å². The highest BCUT2D eigenvalue weighted by Crippen LogP contribution is 2.40. The lowest BCUT2D eigenvalue weighted by molar-refractivity contribution is 0.867. The molecule has 1 saturated carbocycles. The average molecular weight is 340 g/mol. The van der Waals surface area contributed by atoms with Crippen molar-refractivity contribution in [3.63, 3.8) is 0 Å². The predicted octanol–water partition coefficient (Wildman–Crippen LogP) is 3.90. The van der Waals surface area contributed by atoms with Gasteiger partial charge in [0.05, 0.1) is 0 Å². The number of hydrogen-bond acceptors (Lipinski definition) is 8. The summed E-state index contributed by atoms with van der Waals surface area (Å²) in [5.74, 6) is 2.43. The zero-order valence-electron chi connectivity index (χ0n) is 12.0. The van der Waals surface area contributed by atoms with Crippen LogP contribution in [-0.2, 0) is 0 Å². The summed E-state index contributed by atoms with van der Waals surface area (Å²) in [5, 5.41) is 12.6. The molecule has 0 spiro atoms. The molecule has 1 fully saturated rings. The first kappa shape index (κ1) is 15.1. The molecule has 0 unspecified atom stereocenters. The number of nitrogens with one attached hydrogen (secondary N) is 1. The molecule has 21 heavy (non-hydrogen) atoms. The third-order valence-electron chi connectivity index (χ3n) is 2.97. The Kier molecular flexibility index (Phi) is 4.97. The number of hydrogen-bond donors (Lipinski definition) is 1. The van der Waals surface area contributed by atoms with Crippen molar-refractivity contribution in [2.24, 2.45) is 0 Å². The molecule has 2 aromatic heterocycles. The fourth-order valence-electron chi connectivity index (χ4n) is 1.77. The minimum atomic E-state index is 0.545. The van der Waals surface area contributed by atoms with Crippen molar-refractivity contribution >= 4 is 40.7 Å². The van der Waals surface area contributed by atoms with Crippen LogP contribution in [0.2, 0.25) is 0 Å². The first-order valence-electron chi connectivity index (χ1n) is 6.96. The second-order valence-corrected chi connectivity index (χ2v) is 8.09. The molecule has 0 amide bonds. The van der Waals surface area contributed by atoms with Gasteiger partial charge in [0, 0.05) is 18.5 Å². The maximum absolute atomic E-state index is 4.68. The molecule has 0 radical (unpaired) electrons. The van der Waals surface area contributed by atoms with Gasteiger partial charge < -0.3 is 5.32 Å². The Balaban J connectivity index is 1.80. The summed E-state index contributed by atoms with van der Waals surface area (Å²) in [6.45, 7) is 3.08. The van der Waals surface area contributed by atoms with E-state index in [4.69, 9.17) is 0 Å². The van der Waals surface area contributed by atoms with Crippen molar-refractivity contribution in [1.82, 2.24) is 20.2 Å². The van der Waals surface area contributed by atoms with Gasteiger partial charge in [-0.2, -0.15) is 0 Å². The Morgan fingerprint density at radius 3 is 2.76 bits per heavy atom. The summed E-state index contributed by atoms with van der Waals surface area (Å²) < 4.78 is 1.92. The average Bonchev–Trinajstić information content (AvgIpc) is 3.26. The Morgan fingerprint density at radius 1 is 1.29 bits per heavy atom. The van der Waals surface area contributed by atoms with Crippen molar-refractivity contribution < 1.29 is 0 Å². The first-order valence-corrected chi connectivity index (χ1v) is 9.82. The van der Waals surface area contributed by atoms with Gasteiger partial charge >= 0.3 is 0 Å². The maximum atomic E-state index is 4.68. The Hall–Kier alpha value is -0.860. The second-order valence-electron chi connectivity index (χ2n) is 4.79. The highest BCUT2D eigenvalue weighted by Gasteiger charge is 2.27. The number of nitrogens with zero attached hydrogens (tertiary/aromatic N) is 4. The first-order chi connectivity index (χ1) is 10.3. The Morgan fingerprint density at radius 2 is 2.10 bits per heavy atom. The molecule has 0 aliphatic heterocycles. The number of aromatic nitrogens is 4. The summed E-state index contributed by atoms with van der Waals surface area (Å²) in [6, 6.07) is 2.01. The standard InChI is InChI=1S/C13H17N5S3/c1-3-6-14-9-7-10(16-11(15-9)8-4-5-8)20-13-18-17-12(19-2)21-13/h7-8H,3-6H2,1-2H3,(H,14,15,16). The normalized spacial score (nSPS) is 14.4. The molecule has 2 heterocycles. The number of rotatable bonds is 7. The molecule has 8 heteroatoms. The van der Waals surface area contributed by atoms with Crippen LogP contribution >= 0.6 is 34.9 Å². The highest BCUT2D eigenvalue weighted by molar-refractivity contribution is 8.02. The van der Waals surface area contributed by atoms with Gasteiger partial charge in [0.2, 0.25) is 0 Å². The minimum absolute atomic E-state index is 0.545. The summed E-state index contributed by atoms with van der Waals surface area (Å²) >= 11 is 4.79. The molecule has 2 aromatic rings. The summed E-state index contributed by atoms with van der Waals surface area (Å²) in [7, 11) is 0. The lowest BCUT2D eigenvalue weighted by Gasteiger charge is -2.07. The Labute approximate surface area is 136 Å². The smallest absolute Gasteiger partial charge is 0.181 e. The van der Waals surface area contributed by atoms with E-state index in [0.717, 1.165) is 38.3 Å². The summed E-state index contributed by atoms with van der Waals surface area (Å²) in [5.41, 5.74) is 0. The molecule has 1 N–H and O–H groups in total. The minimum Gasteiger partial charge on any atom is -0.370 e. The predicted molar refractivity (Wildman–Crippen MR) is 88.6 cm³/mol. The molecule has 0 saturated heterocycles. The van der Waals surface area contributed by atoms with Crippen LogP contribution in [0.1, 0.15) is 37.9 Å². The van der Waals surface area contributed by atoms with Crippen molar-refractivity contribution in [3.05, 3.63) is 11.9 Å². The van der Waals surface area contributed by atoms with Crippen molar-refractivity contribution in [2.75, 3.05) is 18.1 Å². The van der Waals surface area contributed by atoms with Crippen molar-refractivity contribution in [3.8, 4) is 0 Å². The molecule has 1 aliphatic rings. The lowest BCUT2D eigenvalue weighted by atomic mass is 10.4. The van der Waals surface area contributed by atoms with E-state index in [2.05, 4.69) is 32.4 Å². The Bertz CT molecular complexity index is 612. The second kappa shape index (κ2) is 6.93. The van der Waals surface area contributed by atoms with Gasteiger partial charge in [-0.15, -0.1) is 10.2 Å². The molecule has 0 bridgehead atoms. The SMILES string of the molecule is CCCNc1cc(Sc2nnc(SC)s2)nc(C2CC2)n1. The van der Waals surface area contributed by atoms with Crippen LogP contribution in [0, 0.1) is 0 Å². The van der Waals surface area contributed by atoms with Crippen molar-refractivity contribution in [1.29, 1.82) is 0 Å². The van der Waals surface area contributed by atoms with Gasteiger partial charge in [-0.25, -0.2) is 9.97 Å². The van der Waals surface area contributed by atoms with Crippen LogP contribution in [0.25, 0.3) is 0 Å². The number of thioether (sulfide) groups is 1. The maximum Gasteiger partial charge on any atom is 0.181 e. The van der Waals surface area contributed by atoms with E-state index in [1.807, 2.05) is 12.3 Å². The summed E-state index contributed by atoms with van der Waals surface area (Å²) in [6.07, 6.45) is 5.50. The largest absolute Gasteiger partial charge is 0.370 e. The van der Waals surface area contributed by atoms with E-state index in [-0.39, 0.29) is 0 Å². The van der Waals surface area contributed by atoms with Gasteiger partial charge in [0.1, 0.15) is 16.7 Å². The van der Waals surface area contributed by atoms with Crippen molar-refractivity contribution in [2.45, 2.75) is 45.8 Å². The van der Waals surface area contributed by atoms with E-state index in [9.17, 15) is 0 Å². The third-order valence-corrected chi connectivity index (χ3v) is 5.84. The van der Waals surface area contributed by atoms with E-state index in [1.165, 1.54) is 12.8 Å². The monoisotopic (exact) mass is 339 g/mol. The topological polar surface area (TPSA) is 63.6 Å². The molecule has 5 nitrogen and oxygen atoms in total.